The number of benzene rings is 2. The van der Waals surface area contributed by atoms with Gasteiger partial charge in [-0.1, -0.05) is 64.5 Å². The summed E-state index contributed by atoms with van der Waals surface area (Å²) in [5.41, 5.74) is 2.16. The second-order valence-corrected chi connectivity index (χ2v) is 9.54. The largest absolute Gasteiger partial charge is 0.482 e. The molecule has 0 bridgehead atoms. The molecule has 2 amide bonds. The molecule has 0 spiro atoms. The molecule has 2 heterocycles. The molecule has 7 nitrogen and oxygen atoms in total. The van der Waals surface area contributed by atoms with Crippen molar-refractivity contribution in [2.24, 2.45) is 0 Å². The maximum absolute atomic E-state index is 12.6. The SMILES string of the molecule is O=C(COc1ccc(Cl)cc1Cl)Nc1nnc(SCC(=O)N2CCc3ccccc32)s1. The number of hydrogen-bond donors (Lipinski definition) is 1. The topological polar surface area (TPSA) is 84.4 Å². The number of rotatable bonds is 7. The van der Waals surface area contributed by atoms with Crippen molar-refractivity contribution in [3.05, 3.63) is 58.1 Å². The summed E-state index contributed by atoms with van der Waals surface area (Å²) in [6.07, 6.45) is 0.866. The van der Waals surface area contributed by atoms with Crippen molar-refractivity contribution >= 4 is 68.9 Å². The Kier molecular flexibility index (Phi) is 6.96. The predicted molar refractivity (Wildman–Crippen MR) is 124 cm³/mol. The fraction of sp³-hybridized carbons (Fsp3) is 0.200. The molecule has 4 rings (SSSR count). The monoisotopic (exact) mass is 494 g/mol. The Balaban J connectivity index is 1.25. The van der Waals surface area contributed by atoms with Crippen molar-refractivity contribution in [1.82, 2.24) is 10.2 Å². The van der Waals surface area contributed by atoms with Crippen LogP contribution in [-0.4, -0.2) is 40.9 Å². The van der Waals surface area contributed by atoms with Gasteiger partial charge in [-0.2, -0.15) is 0 Å². The minimum atomic E-state index is -0.400. The molecule has 1 aliphatic rings. The highest BCUT2D eigenvalue weighted by Crippen LogP contribution is 2.31. The van der Waals surface area contributed by atoms with E-state index in [1.807, 2.05) is 24.3 Å². The summed E-state index contributed by atoms with van der Waals surface area (Å²) in [6.45, 7) is 0.448. The number of nitrogens with zero attached hydrogens (tertiary/aromatic N) is 3. The van der Waals surface area contributed by atoms with E-state index in [1.165, 1.54) is 34.7 Å². The number of hydrogen-bond acceptors (Lipinski definition) is 7. The highest BCUT2D eigenvalue weighted by atomic mass is 35.5. The standard InChI is InChI=1S/C20H16Cl2N4O3S2/c21-13-5-6-16(14(22)9-13)29-10-17(27)23-19-24-25-20(31-19)30-11-18(28)26-8-7-12-3-1-2-4-15(12)26/h1-6,9H,7-8,10-11H2,(H,23,24,27). The van der Waals surface area contributed by atoms with E-state index in [1.54, 1.807) is 17.0 Å². The van der Waals surface area contributed by atoms with Gasteiger partial charge in [0, 0.05) is 17.3 Å². The smallest absolute Gasteiger partial charge is 0.264 e. The van der Waals surface area contributed by atoms with E-state index in [9.17, 15) is 9.59 Å². The fourth-order valence-electron chi connectivity index (χ4n) is 3.01. The highest BCUT2D eigenvalue weighted by molar-refractivity contribution is 8.01. The molecular weight excluding hydrogens is 479 g/mol. The van der Waals surface area contributed by atoms with Gasteiger partial charge in [0.25, 0.3) is 5.91 Å². The molecule has 3 aromatic rings. The zero-order chi connectivity index (χ0) is 21.8. The van der Waals surface area contributed by atoms with Gasteiger partial charge in [-0.3, -0.25) is 14.9 Å². The zero-order valence-corrected chi connectivity index (χ0v) is 19.2. The van der Waals surface area contributed by atoms with Crippen molar-refractivity contribution in [2.45, 2.75) is 10.8 Å². The Labute approximate surface area is 196 Å². The third kappa shape index (κ3) is 5.48. The van der Waals surface area contributed by atoms with Gasteiger partial charge in [-0.05, 0) is 36.2 Å². The summed E-state index contributed by atoms with van der Waals surface area (Å²) in [4.78, 5) is 26.5. The fourth-order valence-corrected chi connectivity index (χ4v) is 5.12. The maximum Gasteiger partial charge on any atom is 0.264 e. The van der Waals surface area contributed by atoms with E-state index in [-0.39, 0.29) is 18.3 Å². The minimum Gasteiger partial charge on any atom is -0.482 e. The third-order valence-electron chi connectivity index (χ3n) is 4.41. The molecule has 1 aromatic heterocycles. The van der Waals surface area contributed by atoms with Gasteiger partial charge in [0.15, 0.2) is 10.9 Å². The van der Waals surface area contributed by atoms with E-state index >= 15 is 0 Å². The number of carbonyl (C=O) groups excluding carboxylic acids is 2. The number of nitrogens with one attached hydrogen (secondary N) is 1. The number of aromatic nitrogens is 2. The van der Waals surface area contributed by atoms with Gasteiger partial charge in [0.1, 0.15) is 5.75 Å². The van der Waals surface area contributed by atoms with Gasteiger partial charge in [-0.25, -0.2) is 0 Å². The average molecular weight is 495 g/mol. The molecular formula is C20H16Cl2N4O3S2. The number of para-hydroxylation sites is 1. The van der Waals surface area contributed by atoms with Crippen LogP contribution in [0.1, 0.15) is 5.56 Å². The molecule has 0 saturated heterocycles. The lowest BCUT2D eigenvalue weighted by atomic mass is 10.2. The molecule has 1 aliphatic heterocycles. The van der Waals surface area contributed by atoms with Crippen molar-refractivity contribution in [2.75, 3.05) is 29.1 Å². The van der Waals surface area contributed by atoms with E-state index in [2.05, 4.69) is 15.5 Å². The lowest BCUT2D eigenvalue weighted by molar-refractivity contribution is -0.118. The van der Waals surface area contributed by atoms with Gasteiger partial charge < -0.3 is 9.64 Å². The van der Waals surface area contributed by atoms with Gasteiger partial charge in [0.05, 0.1) is 10.8 Å². The van der Waals surface area contributed by atoms with Crippen LogP contribution in [0.25, 0.3) is 0 Å². The van der Waals surface area contributed by atoms with Crippen LogP contribution in [0, 0.1) is 0 Å². The Bertz CT molecular complexity index is 1130. The molecule has 0 saturated carbocycles. The molecule has 0 atom stereocenters. The first-order chi connectivity index (χ1) is 15.0. The average Bonchev–Trinajstić information content (AvgIpc) is 3.38. The number of fused-ring (bicyclic) bond motifs is 1. The van der Waals surface area contributed by atoms with Crippen LogP contribution in [0.3, 0.4) is 0 Å². The molecule has 31 heavy (non-hydrogen) atoms. The van der Waals surface area contributed by atoms with E-state index in [0.29, 0.717) is 31.8 Å². The first-order valence-electron chi connectivity index (χ1n) is 9.22. The van der Waals surface area contributed by atoms with Crippen molar-refractivity contribution in [1.29, 1.82) is 0 Å². The summed E-state index contributed by atoms with van der Waals surface area (Å²) in [5.74, 6) is 0.221. The molecule has 1 N–H and O–H groups in total. The predicted octanol–water partition coefficient (Wildman–Crippen LogP) is 4.54. The van der Waals surface area contributed by atoms with Gasteiger partial charge in [0.2, 0.25) is 11.0 Å². The van der Waals surface area contributed by atoms with Gasteiger partial charge in [-0.15, -0.1) is 10.2 Å². The normalized spacial score (nSPS) is 12.5. The molecule has 0 radical (unpaired) electrons. The molecule has 2 aromatic carbocycles. The van der Waals surface area contributed by atoms with Crippen molar-refractivity contribution in [3.63, 3.8) is 0 Å². The van der Waals surface area contributed by atoms with Crippen LogP contribution in [0.5, 0.6) is 5.75 Å². The van der Waals surface area contributed by atoms with Crippen LogP contribution >= 0.6 is 46.3 Å². The molecule has 11 heteroatoms. The first-order valence-corrected chi connectivity index (χ1v) is 11.8. The zero-order valence-electron chi connectivity index (χ0n) is 16.0. The van der Waals surface area contributed by atoms with E-state index in [0.717, 1.165) is 12.1 Å². The summed E-state index contributed by atoms with van der Waals surface area (Å²) < 4.78 is 5.99. The summed E-state index contributed by atoms with van der Waals surface area (Å²) >= 11 is 14.3. The van der Waals surface area contributed by atoms with Crippen molar-refractivity contribution in [3.8, 4) is 5.75 Å². The van der Waals surface area contributed by atoms with Gasteiger partial charge >= 0.3 is 0 Å². The number of halogens is 2. The third-order valence-corrected chi connectivity index (χ3v) is 6.90. The Morgan fingerprint density at radius 1 is 1.19 bits per heavy atom. The van der Waals surface area contributed by atoms with Crippen LogP contribution < -0.4 is 15.0 Å². The second kappa shape index (κ2) is 9.86. The highest BCUT2D eigenvalue weighted by Gasteiger charge is 2.24. The molecule has 0 aliphatic carbocycles. The summed E-state index contributed by atoms with van der Waals surface area (Å²) in [5, 5.41) is 11.7. The van der Waals surface area contributed by atoms with Crippen LogP contribution in [0.4, 0.5) is 10.8 Å². The number of amides is 2. The van der Waals surface area contributed by atoms with Crippen molar-refractivity contribution < 1.29 is 14.3 Å². The van der Waals surface area contributed by atoms with E-state index in [4.69, 9.17) is 27.9 Å². The summed E-state index contributed by atoms with van der Waals surface area (Å²) in [6, 6.07) is 12.7. The van der Waals surface area contributed by atoms with Crippen LogP contribution in [0.15, 0.2) is 46.8 Å². The summed E-state index contributed by atoms with van der Waals surface area (Å²) in [7, 11) is 0. The number of carbonyl (C=O) groups is 2. The van der Waals surface area contributed by atoms with E-state index < -0.39 is 5.91 Å². The molecule has 0 unspecified atom stereocenters. The lowest BCUT2D eigenvalue weighted by Crippen LogP contribution is -2.30. The number of thioether (sulfide) groups is 1. The minimum absolute atomic E-state index is 0.0176. The number of ether oxygens (including phenoxy) is 1. The Morgan fingerprint density at radius 2 is 2.03 bits per heavy atom. The van der Waals surface area contributed by atoms with Crippen LogP contribution in [-0.2, 0) is 16.0 Å². The lowest BCUT2D eigenvalue weighted by Gasteiger charge is -2.16. The second-order valence-electron chi connectivity index (χ2n) is 6.50. The first kappa shape index (κ1) is 21.9. The number of anilines is 2. The molecule has 0 fully saturated rings. The van der Waals surface area contributed by atoms with Crippen LogP contribution in [0.2, 0.25) is 10.0 Å². The Morgan fingerprint density at radius 3 is 2.87 bits per heavy atom. The quantitative estimate of drug-likeness (QED) is 0.383. The Hall–Kier alpha value is -2.33. The molecule has 160 valence electrons. The maximum atomic E-state index is 12.6.